The molecule has 1 aromatic carbocycles. The van der Waals surface area contributed by atoms with Gasteiger partial charge in [-0.1, -0.05) is 18.2 Å². The minimum atomic E-state index is -0.158. The largest absolute Gasteiger partial charge is 0.353 e. The summed E-state index contributed by atoms with van der Waals surface area (Å²) >= 11 is 0. The topological polar surface area (TPSA) is 81.9 Å². The fraction of sp³-hybridized carbons (Fsp3) is 0.520. The molecule has 2 aromatic heterocycles. The predicted octanol–water partition coefficient (Wildman–Crippen LogP) is 1.73. The summed E-state index contributed by atoms with van der Waals surface area (Å²) in [5.41, 5.74) is 1.42. The van der Waals surface area contributed by atoms with Crippen molar-refractivity contribution < 1.29 is 9.18 Å². The van der Waals surface area contributed by atoms with Crippen LogP contribution < -0.4 is 10.2 Å². The van der Waals surface area contributed by atoms with Crippen LogP contribution in [-0.2, 0) is 17.8 Å². The first-order valence-electron chi connectivity index (χ1n) is 12.4. The molecule has 9 nitrogen and oxygen atoms in total. The van der Waals surface area contributed by atoms with Crippen LogP contribution in [0.25, 0.3) is 5.65 Å². The van der Waals surface area contributed by atoms with Gasteiger partial charge in [0.05, 0.1) is 0 Å². The number of piperazine rings is 1. The van der Waals surface area contributed by atoms with Crippen molar-refractivity contribution >= 4 is 17.4 Å². The number of amides is 1. The lowest BCUT2D eigenvalue weighted by molar-refractivity contribution is -0.122. The Morgan fingerprint density at radius 3 is 2.57 bits per heavy atom. The molecule has 3 aromatic rings. The number of aromatic nitrogens is 4. The quantitative estimate of drug-likeness (QED) is 0.552. The molecule has 0 atom stereocenters. The highest BCUT2D eigenvalue weighted by Crippen LogP contribution is 2.17. The van der Waals surface area contributed by atoms with Gasteiger partial charge in [0.2, 0.25) is 5.91 Å². The number of benzene rings is 1. The Morgan fingerprint density at radius 2 is 1.80 bits per heavy atom. The van der Waals surface area contributed by atoms with Crippen LogP contribution in [-0.4, -0.2) is 87.9 Å². The lowest BCUT2D eigenvalue weighted by atomic mass is 10.0. The molecule has 2 saturated heterocycles. The van der Waals surface area contributed by atoms with E-state index in [-0.39, 0.29) is 17.8 Å². The van der Waals surface area contributed by atoms with E-state index in [0.29, 0.717) is 30.9 Å². The molecular weight excluding hydrogens is 447 g/mol. The molecule has 4 heterocycles. The first-order valence-corrected chi connectivity index (χ1v) is 12.4. The lowest BCUT2D eigenvalue weighted by Gasteiger charge is -2.33. The number of piperidine rings is 1. The molecule has 0 radical (unpaired) electrons. The van der Waals surface area contributed by atoms with Crippen LogP contribution in [0.15, 0.2) is 36.4 Å². The molecule has 2 aliphatic heterocycles. The molecule has 5 rings (SSSR count). The van der Waals surface area contributed by atoms with E-state index in [4.69, 9.17) is 5.10 Å². The first kappa shape index (κ1) is 23.6. The zero-order valence-electron chi connectivity index (χ0n) is 20.2. The van der Waals surface area contributed by atoms with Gasteiger partial charge in [0.1, 0.15) is 11.6 Å². The van der Waals surface area contributed by atoms with E-state index in [2.05, 4.69) is 37.3 Å². The number of nitrogens with one attached hydrogen (secondary N) is 1. The molecule has 2 aliphatic rings. The number of anilines is 1. The van der Waals surface area contributed by atoms with Gasteiger partial charge in [-0.2, -0.15) is 4.52 Å². The molecule has 186 valence electrons. The van der Waals surface area contributed by atoms with Gasteiger partial charge in [-0.25, -0.2) is 4.39 Å². The van der Waals surface area contributed by atoms with Crippen molar-refractivity contribution in [1.29, 1.82) is 0 Å². The van der Waals surface area contributed by atoms with Crippen LogP contribution in [0.4, 0.5) is 10.2 Å². The normalized spacial score (nSPS) is 18.3. The van der Waals surface area contributed by atoms with Crippen molar-refractivity contribution in [2.45, 2.75) is 38.3 Å². The molecule has 1 amide bonds. The molecule has 2 fully saturated rings. The molecular formula is C25H33FN8O. The second kappa shape index (κ2) is 10.7. The summed E-state index contributed by atoms with van der Waals surface area (Å²) in [7, 11) is 2.13. The average Bonchev–Trinajstić information content (AvgIpc) is 3.28. The van der Waals surface area contributed by atoms with Gasteiger partial charge in [-0.3, -0.25) is 9.69 Å². The summed E-state index contributed by atoms with van der Waals surface area (Å²) < 4.78 is 15.7. The summed E-state index contributed by atoms with van der Waals surface area (Å²) in [6, 6.07) is 11.0. The van der Waals surface area contributed by atoms with Gasteiger partial charge in [0, 0.05) is 70.3 Å². The Kier molecular flexibility index (Phi) is 7.19. The van der Waals surface area contributed by atoms with E-state index < -0.39 is 0 Å². The van der Waals surface area contributed by atoms with E-state index in [1.807, 2.05) is 24.3 Å². The number of likely N-dealkylation sites (N-methyl/N-ethyl adjacent to an activating group) is 1. The number of hydrogen-bond acceptors (Lipinski definition) is 7. The summed E-state index contributed by atoms with van der Waals surface area (Å²) in [5, 5.41) is 16.4. The number of fused-ring (bicyclic) bond motifs is 1. The molecule has 0 saturated carbocycles. The van der Waals surface area contributed by atoms with Gasteiger partial charge >= 0.3 is 0 Å². The maximum atomic E-state index is 13.9. The van der Waals surface area contributed by atoms with Crippen molar-refractivity contribution in [2.24, 2.45) is 0 Å². The van der Waals surface area contributed by atoms with Gasteiger partial charge in [-0.05, 0) is 38.1 Å². The molecule has 1 N–H and O–H groups in total. The standard InChI is InChI=1S/C25H33FN8O/c1-31-14-16-33(17-15-31)24-7-6-22-28-29-23(34(22)30-24)8-9-25(35)27-20-10-12-32(13-11-20)18-19-4-2-3-5-21(19)26/h2-7,20H,8-18H2,1H3,(H,27,35). The number of aryl methyl sites for hydroxylation is 1. The van der Waals surface area contributed by atoms with E-state index in [0.717, 1.165) is 63.5 Å². The Labute approximate surface area is 204 Å². The van der Waals surface area contributed by atoms with Crippen LogP contribution in [0.5, 0.6) is 0 Å². The van der Waals surface area contributed by atoms with Crippen molar-refractivity contribution in [2.75, 3.05) is 51.2 Å². The molecule has 10 heteroatoms. The highest BCUT2D eigenvalue weighted by atomic mass is 19.1. The Bertz CT molecular complexity index is 1150. The van der Waals surface area contributed by atoms with Crippen LogP contribution in [0.1, 0.15) is 30.7 Å². The summed E-state index contributed by atoms with van der Waals surface area (Å²) in [6.45, 7) is 6.19. The van der Waals surface area contributed by atoms with E-state index in [1.165, 1.54) is 6.07 Å². The number of carbonyl (C=O) groups is 1. The third-order valence-electron chi connectivity index (χ3n) is 7.02. The Balaban J connectivity index is 1.11. The van der Waals surface area contributed by atoms with E-state index >= 15 is 0 Å². The molecule has 35 heavy (non-hydrogen) atoms. The van der Waals surface area contributed by atoms with Crippen molar-refractivity contribution in [3.05, 3.63) is 53.6 Å². The summed E-state index contributed by atoms with van der Waals surface area (Å²) in [6.07, 6.45) is 2.56. The Morgan fingerprint density at radius 1 is 1.03 bits per heavy atom. The fourth-order valence-corrected chi connectivity index (χ4v) is 4.81. The average molecular weight is 481 g/mol. The summed E-state index contributed by atoms with van der Waals surface area (Å²) in [5.74, 6) is 1.47. The maximum absolute atomic E-state index is 13.9. The second-order valence-electron chi connectivity index (χ2n) is 9.58. The third-order valence-corrected chi connectivity index (χ3v) is 7.02. The second-order valence-corrected chi connectivity index (χ2v) is 9.58. The van der Waals surface area contributed by atoms with Crippen LogP contribution in [0.2, 0.25) is 0 Å². The highest BCUT2D eigenvalue weighted by molar-refractivity contribution is 5.76. The molecule has 0 spiro atoms. The fourth-order valence-electron chi connectivity index (χ4n) is 4.81. The zero-order chi connectivity index (χ0) is 24.2. The molecule has 0 unspecified atom stereocenters. The Hall–Kier alpha value is -3.11. The maximum Gasteiger partial charge on any atom is 0.220 e. The molecule has 0 bridgehead atoms. The van der Waals surface area contributed by atoms with Crippen LogP contribution >= 0.6 is 0 Å². The van der Waals surface area contributed by atoms with Gasteiger partial charge < -0.3 is 15.1 Å². The third kappa shape index (κ3) is 5.76. The monoisotopic (exact) mass is 480 g/mol. The SMILES string of the molecule is CN1CCN(c2ccc3nnc(CCC(=O)NC4CCN(Cc5ccccc5F)CC4)n3n2)CC1. The van der Waals surface area contributed by atoms with E-state index in [9.17, 15) is 9.18 Å². The smallest absolute Gasteiger partial charge is 0.220 e. The van der Waals surface area contributed by atoms with Gasteiger partial charge in [-0.15, -0.1) is 15.3 Å². The minimum absolute atomic E-state index is 0.0181. The molecule has 0 aliphatic carbocycles. The predicted molar refractivity (Wildman–Crippen MR) is 132 cm³/mol. The van der Waals surface area contributed by atoms with Gasteiger partial charge in [0.15, 0.2) is 11.5 Å². The number of halogens is 1. The number of nitrogens with zero attached hydrogens (tertiary/aromatic N) is 7. The number of carbonyl (C=O) groups excluding carboxylic acids is 1. The summed E-state index contributed by atoms with van der Waals surface area (Å²) in [4.78, 5) is 19.5. The van der Waals surface area contributed by atoms with Crippen molar-refractivity contribution in [3.8, 4) is 0 Å². The van der Waals surface area contributed by atoms with Crippen molar-refractivity contribution in [1.82, 2.24) is 34.9 Å². The zero-order valence-corrected chi connectivity index (χ0v) is 20.2. The van der Waals surface area contributed by atoms with Crippen LogP contribution in [0, 0.1) is 5.82 Å². The number of likely N-dealkylation sites (tertiary alicyclic amines) is 1. The minimum Gasteiger partial charge on any atom is -0.353 e. The lowest BCUT2D eigenvalue weighted by Crippen LogP contribution is -2.45. The van der Waals surface area contributed by atoms with Crippen molar-refractivity contribution in [3.63, 3.8) is 0 Å². The van der Waals surface area contributed by atoms with Gasteiger partial charge in [0.25, 0.3) is 0 Å². The first-order chi connectivity index (χ1) is 17.0. The number of hydrogen-bond donors (Lipinski definition) is 1. The van der Waals surface area contributed by atoms with Crippen LogP contribution in [0.3, 0.4) is 0 Å². The van der Waals surface area contributed by atoms with E-state index in [1.54, 1.807) is 10.6 Å². The number of rotatable bonds is 7. The highest BCUT2D eigenvalue weighted by Gasteiger charge is 2.22.